The van der Waals surface area contributed by atoms with Gasteiger partial charge in [-0.05, 0) is 42.9 Å². The van der Waals surface area contributed by atoms with Crippen LogP contribution in [0.15, 0.2) is 42.5 Å². The molecule has 0 saturated heterocycles. The van der Waals surface area contributed by atoms with E-state index in [-0.39, 0.29) is 0 Å². The Morgan fingerprint density at radius 1 is 1.11 bits per heavy atom. The van der Waals surface area contributed by atoms with E-state index in [1.807, 2.05) is 0 Å². The number of anilines is 1. The van der Waals surface area contributed by atoms with Crippen molar-refractivity contribution >= 4 is 5.69 Å². The van der Waals surface area contributed by atoms with Gasteiger partial charge in [-0.15, -0.1) is 0 Å². The average molecular weight is 237 g/mol. The van der Waals surface area contributed by atoms with Gasteiger partial charge in [0.1, 0.15) is 0 Å². The fourth-order valence-corrected chi connectivity index (χ4v) is 2.77. The molecule has 2 aromatic rings. The fraction of sp³-hybridized carbons (Fsp3) is 0.294. The summed E-state index contributed by atoms with van der Waals surface area (Å²) in [5, 5.41) is 3.57. The summed E-state index contributed by atoms with van der Waals surface area (Å²) in [5.74, 6) is 0. The van der Waals surface area contributed by atoms with Crippen LogP contribution in [0.2, 0.25) is 0 Å². The standard InChI is InChI=1S/C17H19N/c1-13-5-2-6-14(11-13)12-16-8-3-7-15-9-4-10-18-17(15)16/h2-3,5-8,11,18H,4,9-10,12H2,1H3. The summed E-state index contributed by atoms with van der Waals surface area (Å²) in [6, 6.07) is 15.5. The molecule has 18 heavy (non-hydrogen) atoms. The van der Waals surface area contributed by atoms with Gasteiger partial charge < -0.3 is 5.32 Å². The molecular weight excluding hydrogens is 218 g/mol. The quantitative estimate of drug-likeness (QED) is 0.834. The van der Waals surface area contributed by atoms with Crippen LogP contribution in [0.4, 0.5) is 5.69 Å². The number of hydrogen-bond donors (Lipinski definition) is 1. The van der Waals surface area contributed by atoms with Crippen molar-refractivity contribution in [3.63, 3.8) is 0 Å². The second kappa shape index (κ2) is 4.85. The van der Waals surface area contributed by atoms with Gasteiger partial charge in [-0.1, -0.05) is 48.0 Å². The Labute approximate surface area is 109 Å². The lowest BCUT2D eigenvalue weighted by molar-refractivity contribution is 0.825. The molecule has 0 fully saturated rings. The molecule has 1 aliphatic heterocycles. The van der Waals surface area contributed by atoms with E-state index in [2.05, 4.69) is 54.7 Å². The van der Waals surface area contributed by atoms with Gasteiger partial charge in [0, 0.05) is 12.2 Å². The minimum Gasteiger partial charge on any atom is -0.385 e. The molecule has 0 spiro atoms. The Hall–Kier alpha value is -1.76. The van der Waals surface area contributed by atoms with Crippen LogP contribution < -0.4 is 5.32 Å². The Morgan fingerprint density at radius 2 is 2.00 bits per heavy atom. The van der Waals surface area contributed by atoms with Crippen molar-refractivity contribution < 1.29 is 0 Å². The molecule has 0 bridgehead atoms. The first-order valence-electron chi connectivity index (χ1n) is 6.73. The van der Waals surface area contributed by atoms with Crippen LogP contribution in [0.1, 0.15) is 28.7 Å². The monoisotopic (exact) mass is 237 g/mol. The first-order chi connectivity index (χ1) is 8.83. The van der Waals surface area contributed by atoms with E-state index < -0.39 is 0 Å². The second-order valence-electron chi connectivity index (χ2n) is 5.15. The Balaban J connectivity index is 1.93. The molecule has 3 rings (SSSR count). The van der Waals surface area contributed by atoms with Crippen LogP contribution in [0.3, 0.4) is 0 Å². The molecule has 1 aliphatic rings. The number of nitrogens with one attached hydrogen (secondary N) is 1. The molecule has 92 valence electrons. The van der Waals surface area contributed by atoms with Gasteiger partial charge in [0.2, 0.25) is 0 Å². The van der Waals surface area contributed by atoms with Crippen molar-refractivity contribution in [3.05, 3.63) is 64.7 Å². The minimum atomic E-state index is 1.03. The van der Waals surface area contributed by atoms with Crippen molar-refractivity contribution in [1.82, 2.24) is 0 Å². The van der Waals surface area contributed by atoms with E-state index in [0.717, 1.165) is 13.0 Å². The lowest BCUT2D eigenvalue weighted by Crippen LogP contribution is -2.13. The summed E-state index contributed by atoms with van der Waals surface area (Å²) in [4.78, 5) is 0. The van der Waals surface area contributed by atoms with E-state index in [1.54, 1.807) is 0 Å². The molecule has 1 nitrogen and oxygen atoms in total. The Morgan fingerprint density at radius 3 is 2.89 bits per heavy atom. The topological polar surface area (TPSA) is 12.0 Å². The SMILES string of the molecule is Cc1cccc(Cc2cccc3c2NCCC3)c1. The zero-order valence-corrected chi connectivity index (χ0v) is 10.9. The van der Waals surface area contributed by atoms with Gasteiger partial charge in [0.25, 0.3) is 0 Å². The lowest BCUT2D eigenvalue weighted by atomic mass is 9.95. The van der Waals surface area contributed by atoms with Crippen molar-refractivity contribution in [3.8, 4) is 0 Å². The van der Waals surface area contributed by atoms with Gasteiger partial charge in [0.15, 0.2) is 0 Å². The summed E-state index contributed by atoms with van der Waals surface area (Å²) >= 11 is 0. The first-order valence-corrected chi connectivity index (χ1v) is 6.73. The van der Waals surface area contributed by atoms with Crippen LogP contribution >= 0.6 is 0 Å². The number of rotatable bonds is 2. The highest BCUT2D eigenvalue weighted by molar-refractivity contribution is 5.60. The highest BCUT2D eigenvalue weighted by Gasteiger charge is 2.12. The zero-order chi connectivity index (χ0) is 12.4. The molecule has 0 saturated carbocycles. The Kier molecular flexibility index (Phi) is 3.06. The molecule has 1 heterocycles. The molecule has 0 aromatic heterocycles. The maximum atomic E-state index is 3.57. The summed E-state index contributed by atoms with van der Waals surface area (Å²) in [6.45, 7) is 3.26. The number of fused-ring (bicyclic) bond motifs is 1. The summed E-state index contributed by atoms with van der Waals surface area (Å²) in [5.41, 5.74) is 7.02. The third-order valence-corrected chi connectivity index (χ3v) is 3.64. The molecule has 0 radical (unpaired) electrons. The maximum absolute atomic E-state index is 3.57. The van der Waals surface area contributed by atoms with Crippen LogP contribution in [-0.4, -0.2) is 6.54 Å². The number of hydrogen-bond acceptors (Lipinski definition) is 1. The number of benzene rings is 2. The van der Waals surface area contributed by atoms with Crippen LogP contribution in [0.25, 0.3) is 0 Å². The van der Waals surface area contributed by atoms with Gasteiger partial charge in [-0.2, -0.15) is 0 Å². The largest absolute Gasteiger partial charge is 0.385 e. The summed E-state index contributed by atoms with van der Waals surface area (Å²) < 4.78 is 0. The third-order valence-electron chi connectivity index (χ3n) is 3.64. The van der Waals surface area contributed by atoms with E-state index >= 15 is 0 Å². The Bertz CT molecular complexity index is 557. The predicted octanol–water partition coefficient (Wildman–Crippen LogP) is 3.94. The van der Waals surface area contributed by atoms with Crippen molar-refractivity contribution in [2.45, 2.75) is 26.2 Å². The first kappa shape index (κ1) is 11.3. The van der Waals surface area contributed by atoms with Gasteiger partial charge in [0.05, 0.1) is 0 Å². The molecular formula is C17H19N. The second-order valence-corrected chi connectivity index (χ2v) is 5.15. The van der Waals surface area contributed by atoms with E-state index in [1.165, 1.54) is 40.8 Å². The molecule has 1 N–H and O–H groups in total. The summed E-state index contributed by atoms with van der Waals surface area (Å²) in [6.07, 6.45) is 3.49. The highest BCUT2D eigenvalue weighted by Crippen LogP contribution is 2.27. The zero-order valence-electron chi connectivity index (χ0n) is 10.9. The van der Waals surface area contributed by atoms with Crippen molar-refractivity contribution in [2.75, 3.05) is 11.9 Å². The number of para-hydroxylation sites is 1. The maximum Gasteiger partial charge on any atom is 0.0408 e. The average Bonchev–Trinajstić information content (AvgIpc) is 2.39. The molecule has 0 amide bonds. The molecule has 2 aromatic carbocycles. The van der Waals surface area contributed by atoms with E-state index in [4.69, 9.17) is 0 Å². The minimum absolute atomic E-state index is 1.03. The molecule has 0 aliphatic carbocycles. The van der Waals surface area contributed by atoms with Gasteiger partial charge >= 0.3 is 0 Å². The van der Waals surface area contributed by atoms with Gasteiger partial charge in [-0.25, -0.2) is 0 Å². The fourth-order valence-electron chi connectivity index (χ4n) is 2.77. The predicted molar refractivity (Wildman–Crippen MR) is 77.2 cm³/mol. The molecule has 1 heteroatoms. The highest BCUT2D eigenvalue weighted by atomic mass is 14.9. The lowest BCUT2D eigenvalue weighted by Gasteiger charge is -2.21. The number of aryl methyl sites for hydroxylation is 2. The van der Waals surface area contributed by atoms with Crippen molar-refractivity contribution in [1.29, 1.82) is 0 Å². The van der Waals surface area contributed by atoms with Gasteiger partial charge in [-0.3, -0.25) is 0 Å². The molecule has 0 unspecified atom stereocenters. The smallest absolute Gasteiger partial charge is 0.0408 e. The summed E-state index contributed by atoms with van der Waals surface area (Å²) in [7, 11) is 0. The van der Waals surface area contributed by atoms with Crippen LogP contribution in [0.5, 0.6) is 0 Å². The van der Waals surface area contributed by atoms with E-state index in [0.29, 0.717) is 0 Å². The normalized spacial score (nSPS) is 13.8. The third kappa shape index (κ3) is 2.26. The van der Waals surface area contributed by atoms with Crippen LogP contribution in [-0.2, 0) is 12.8 Å². The van der Waals surface area contributed by atoms with Crippen LogP contribution in [0, 0.1) is 6.92 Å². The molecule has 0 atom stereocenters. The van der Waals surface area contributed by atoms with Crippen molar-refractivity contribution in [2.24, 2.45) is 0 Å². The van der Waals surface area contributed by atoms with E-state index in [9.17, 15) is 0 Å².